The Labute approximate surface area is 111 Å². The minimum absolute atomic E-state index is 0.110. The Morgan fingerprint density at radius 3 is 3.06 bits per heavy atom. The van der Waals surface area contributed by atoms with Gasteiger partial charge in [0.1, 0.15) is 0 Å². The highest BCUT2D eigenvalue weighted by Gasteiger charge is 2.06. The lowest BCUT2D eigenvalue weighted by molar-refractivity contribution is 0.663. The monoisotopic (exact) mass is 266 g/mol. The topological polar surface area (TPSA) is 81.6 Å². The fourth-order valence-corrected chi connectivity index (χ4v) is 2.38. The number of nitrogens with one attached hydrogen (secondary N) is 2. The van der Waals surface area contributed by atoms with Crippen LogP contribution in [0.15, 0.2) is 16.0 Å². The van der Waals surface area contributed by atoms with Gasteiger partial charge < -0.3 is 10.3 Å². The number of rotatable bonds is 7. The molecule has 6 heteroatoms. The van der Waals surface area contributed by atoms with E-state index in [-0.39, 0.29) is 11.6 Å². The number of hydrogen-bond donors (Lipinski definition) is 2. The maximum Gasteiger partial charge on any atom is 0.251 e. The second kappa shape index (κ2) is 7.90. The van der Waals surface area contributed by atoms with Crippen molar-refractivity contribution < 1.29 is 0 Å². The molecule has 1 aromatic heterocycles. The minimum Gasteiger partial charge on any atom is -0.305 e. The molecule has 0 aliphatic heterocycles. The van der Waals surface area contributed by atoms with Crippen molar-refractivity contribution >= 4 is 11.8 Å². The first-order valence-electron chi connectivity index (χ1n) is 5.99. The summed E-state index contributed by atoms with van der Waals surface area (Å²) in [7, 11) is 1.76. The maximum atomic E-state index is 11.4. The molecule has 0 fully saturated rings. The number of nitriles is 1. The predicted molar refractivity (Wildman–Crippen MR) is 72.7 cm³/mol. The first-order chi connectivity index (χ1) is 8.69. The summed E-state index contributed by atoms with van der Waals surface area (Å²) in [6.07, 6.45) is 2.50. The van der Waals surface area contributed by atoms with Crippen molar-refractivity contribution in [1.29, 1.82) is 5.26 Å². The Morgan fingerprint density at radius 1 is 1.67 bits per heavy atom. The molecule has 98 valence electrons. The van der Waals surface area contributed by atoms with Gasteiger partial charge in [-0.1, -0.05) is 25.1 Å². The third kappa shape index (κ3) is 4.90. The second-order valence-corrected chi connectivity index (χ2v) is 4.98. The molecule has 1 rings (SSSR count). The van der Waals surface area contributed by atoms with Gasteiger partial charge in [-0.05, 0) is 19.9 Å². The largest absolute Gasteiger partial charge is 0.305 e. The lowest BCUT2D eigenvalue weighted by Crippen LogP contribution is -2.23. The van der Waals surface area contributed by atoms with Crippen molar-refractivity contribution in [1.82, 2.24) is 15.3 Å². The number of aryl methyl sites for hydroxylation is 1. The van der Waals surface area contributed by atoms with Crippen LogP contribution in [0.25, 0.3) is 0 Å². The van der Waals surface area contributed by atoms with E-state index in [0.29, 0.717) is 5.16 Å². The van der Waals surface area contributed by atoms with Crippen molar-refractivity contribution in [3.63, 3.8) is 0 Å². The van der Waals surface area contributed by atoms with Crippen LogP contribution >= 0.6 is 11.8 Å². The van der Waals surface area contributed by atoms with Crippen LogP contribution in [-0.4, -0.2) is 28.8 Å². The number of H-pyrrole nitrogens is 1. The van der Waals surface area contributed by atoms with Gasteiger partial charge in [0.15, 0.2) is 5.16 Å². The van der Waals surface area contributed by atoms with Gasteiger partial charge in [-0.25, -0.2) is 4.98 Å². The quantitative estimate of drug-likeness (QED) is 0.574. The molecule has 1 unspecified atom stereocenters. The predicted octanol–water partition coefficient (Wildman–Crippen LogP) is 1.32. The molecule has 0 aliphatic rings. The van der Waals surface area contributed by atoms with Crippen LogP contribution in [0.2, 0.25) is 0 Å². The van der Waals surface area contributed by atoms with Crippen LogP contribution in [0.4, 0.5) is 0 Å². The number of aromatic nitrogens is 2. The summed E-state index contributed by atoms with van der Waals surface area (Å²) in [5, 5.41) is 12.3. The van der Waals surface area contributed by atoms with Gasteiger partial charge in [0.25, 0.3) is 5.56 Å². The molecule has 1 aromatic rings. The first kappa shape index (κ1) is 14.7. The fraction of sp³-hybridized carbons (Fsp3) is 0.583. The second-order valence-electron chi connectivity index (χ2n) is 3.90. The van der Waals surface area contributed by atoms with Crippen LogP contribution in [-0.2, 0) is 6.42 Å². The summed E-state index contributed by atoms with van der Waals surface area (Å²) in [6, 6.07) is 3.56. The fourth-order valence-electron chi connectivity index (χ4n) is 1.48. The van der Waals surface area contributed by atoms with Crippen molar-refractivity contribution in [3.05, 3.63) is 22.1 Å². The van der Waals surface area contributed by atoms with Gasteiger partial charge in [0.2, 0.25) is 0 Å². The Hall–Kier alpha value is -1.32. The van der Waals surface area contributed by atoms with E-state index in [2.05, 4.69) is 28.3 Å². The van der Waals surface area contributed by atoms with E-state index in [0.717, 1.165) is 30.7 Å². The number of hydrogen-bond acceptors (Lipinski definition) is 5. The van der Waals surface area contributed by atoms with Crippen molar-refractivity contribution in [2.24, 2.45) is 0 Å². The van der Waals surface area contributed by atoms with Crippen LogP contribution in [0.5, 0.6) is 0 Å². The zero-order chi connectivity index (χ0) is 13.4. The zero-order valence-electron chi connectivity index (χ0n) is 10.7. The summed E-state index contributed by atoms with van der Waals surface area (Å²) in [4.78, 5) is 18.5. The van der Waals surface area contributed by atoms with E-state index < -0.39 is 0 Å². The zero-order valence-corrected chi connectivity index (χ0v) is 11.5. The molecule has 1 atom stereocenters. The third-order valence-electron chi connectivity index (χ3n) is 2.43. The third-order valence-corrected chi connectivity index (χ3v) is 3.34. The van der Waals surface area contributed by atoms with Crippen LogP contribution < -0.4 is 10.9 Å². The van der Waals surface area contributed by atoms with Gasteiger partial charge in [-0.3, -0.25) is 4.79 Å². The standard InChI is InChI=1S/C12H18N4OS/c1-3-4-9-7-11(17)16-12(15-9)18-6-5-10(8-13)14-2/h7,10,14H,3-6H2,1-2H3,(H,15,16,17). The Morgan fingerprint density at radius 2 is 2.44 bits per heavy atom. The van der Waals surface area contributed by atoms with Gasteiger partial charge in [0, 0.05) is 17.5 Å². The summed E-state index contributed by atoms with van der Waals surface area (Å²) < 4.78 is 0. The lowest BCUT2D eigenvalue weighted by Gasteiger charge is -2.07. The van der Waals surface area contributed by atoms with E-state index in [1.54, 1.807) is 13.1 Å². The summed E-state index contributed by atoms with van der Waals surface area (Å²) in [5.41, 5.74) is 0.718. The van der Waals surface area contributed by atoms with Gasteiger partial charge >= 0.3 is 0 Å². The molecule has 0 radical (unpaired) electrons. The molecule has 5 nitrogen and oxygen atoms in total. The first-order valence-corrected chi connectivity index (χ1v) is 6.98. The van der Waals surface area contributed by atoms with E-state index in [9.17, 15) is 4.79 Å². The van der Waals surface area contributed by atoms with Crippen LogP contribution in [0.3, 0.4) is 0 Å². The Bertz CT molecular complexity index is 466. The molecule has 0 aromatic carbocycles. The molecular weight excluding hydrogens is 248 g/mol. The normalized spacial score (nSPS) is 12.1. The molecule has 0 amide bonds. The Balaban J connectivity index is 2.57. The lowest BCUT2D eigenvalue weighted by atomic mass is 10.2. The van der Waals surface area contributed by atoms with Crippen molar-refractivity contribution in [2.75, 3.05) is 12.8 Å². The molecule has 0 spiro atoms. The number of aromatic amines is 1. The van der Waals surface area contributed by atoms with Crippen LogP contribution in [0, 0.1) is 11.3 Å². The average Bonchev–Trinajstić information content (AvgIpc) is 2.34. The van der Waals surface area contributed by atoms with E-state index in [4.69, 9.17) is 5.26 Å². The molecule has 1 heterocycles. The molecule has 2 N–H and O–H groups in total. The Kier molecular flexibility index (Phi) is 6.47. The average molecular weight is 266 g/mol. The van der Waals surface area contributed by atoms with Gasteiger partial charge in [0.05, 0.1) is 12.1 Å². The van der Waals surface area contributed by atoms with E-state index in [1.165, 1.54) is 11.8 Å². The van der Waals surface area contributed by atoms with Crippen LogP contribution in [0.1, 0.15) is 25.5 Å². The van der Waals surface area contributed by atoms with Crippen molar-refractivity contribution in [3.8, 4) is 6.07 Å². The smallest absolute Gasteiger partial charge is 0.251 e. The molecule has 0 aliphatic carbocycles. The van der Waals surface area contributed by atoms with E-state index >= 15 is 0 Å². The van der Waals surface area contributed by atoms with Gasteiger partial charge in [-0.15, -0.1) is 0 Å². The highest BCUT2D eigenvalue weighted by molar-refractivity contribution is 7.99. The highest BCUT2D eigenvalue weighted by Crippen LogP contribution is 2.13. The molecule has 0 saturated carbocycles. The van der Waals surface area contributed by atoms with Crippen molar-refractivity contribution in [2.45, 2.75) is 37.4 Å². The molecule has 0 saturated heterocycles. The molecule has 0 bridgehead atoms. The summed E-state index contributed by atoms with van der Waals surface area (Å²) in [6.45, 7) is 2.06. The number of nitrogens with zero attached hydrogens (tertiary/aromatic N) is 2. The minimum atomic E-state index is -0.150. The summed E-state index contributed by atoms with van der Waals surface area (Å²) in [5.74, 6) is 0.748. The maximum absolute atomic E-state index is 11.4. The molecular formula is C12H18N4OS. The number of thioether (sulfide) groups is 1. The highest BCUT2D eigenvalue weighted by atomic mass is 32.2. The van der Waals surface area contributed by atoms with Gasteiger partial charge in [-0.2, -0.15) is 5.26 Å². The summed E-state index contributed by atoms with van der Waals surface area (Å²) >= 11 is 1.48. The SMILES string of the molecule is CCCc1cc(=O)[nH]c(SCCC(C#N)NC)n1. The van der Waals surface area contributed by atoms with E-state index in [1.807, 2.05) is 0 Å². The molecule has 18 heavy (non-hydrogen) atoms.